The maximum atomic E-state index is 12.3. The molecule has 0 spiro atoms. The van der Waals surface area contributed by atoms with Crippen LogP contribution in [0, 0.1) is 10.1 Å². The standard InChI is InChI=1S/C10H15N5O5S/c11-12-8-2-1-3-9(10(8)15(16)17)21(18,19)13-14-4-6-20-7-5-14/h1-3,12-13H,4-7,11H2. The van der Waals surface area contributed by atoms with Crippen molar-refractivity contribution < 1.29 is 18.1 Å². The minimum Gasteiger partial charge on any atom is -0.379 e. The van der Waals surface area contributed by atoms with Gasteiger partial charge in [0.2, 0.25) is 0 Å². The Kier molecular flexibility index (Phi) is 4.69. The van der Waals surface area contributed by atoms with Crippen LogP contribution in [-0.4, -0.2) is 44.7 Å². The summed E-state index contributed by atoms with van der Waals surface area (Å²) in [6.45, 7) is 1.49. The number of morpholine rings is 1. The van der Waals surface area contributed by atoms with Crippen molar-refractivity contribution >= 4 is 21.4 Å². The first-order valence-electron chi connectivity index (χ1n) is 6.05. The number of nitrogens with two attached hydrogens (primary N) is 1. The fourth-order valence-electron chi connectivity index (χ4n) is 1.92. The molecule has 0 aromatic heterocycles. The number of ether oxygens (including phenoxy) is 1. The number of nitrogen functional groups attached to an aromatic ring is 1. The molecule has 1 saturated heterocycles. The lowest BCUT2D eigenvalue weighted by Crippen LogP contribution is -2.48. The average Bonchev–Trinajstić information content (AvgIpc) is 2.46. The number of hydrazine groups is 2. The third-order valence-corrected chi connectivity index (χ3v) is 4.29. The Morgan fingerprint density at radius 2 is 2.00 bits per heavy atom. The Balaban J connectivity index is 2.37. The Morgan fingerprint density at radius 1 is 1.33 bits per heavy atom. The van der Waals surface area contributed by atoms with Crippen LogP contribution in [0.15, 0.2) is 23.1 Å². The molecule has 1 aromatic carbocycles. The van der Waals surface area contributed by atoms with Crippen LogP contribution < -0.4 is 16.1 Å². The number of nitrogens with one attached hydrogen (secondary N) is 2. The van der Waals surface area contributed by atoms with E-state index in [1.807, 2.05) is 0 Å². The molecule has 116 valence electrons. The summed E-state index contributed by atoms with van der Waals surface area (Å²) >= 11 is 0. The van der Waals surface area contributed by atoms with Crippen LogP contribution in [-0.2, 0) is 14.8 Å². The zero-order valence-corrected chi connectivity index (χ0v) is 11.8. The molecular formula is C10H15N5O5S. The molecule has 0 unspecified atom stereocenters. The van der Waals surface area contributed by atoms with Gasteiger partial charge >= 0.3 is 5.69 Å². The van der Waals surface area contributed by atoms with E-state index in [1.54, 1.807) is 0 Å². The van der Waals surface area contributed by atoms with Crippen LogP contribution in [0.4, 0.5) is 11.4 Å². The lowest BCUT2D eigenvalue weighted by Gasteiger charge is -2.26. The van der Waals surface area contributed by atoms with Gasteiger partial charge in [0.05, 0.1) is 18.1 Å². The predicted octanol–water partition coefficient (Wildman–Crippen LogP) is -0.594. The highest BCUT2D eigenvalue weighted by atomic mass is 32.2. The highest BCUT2D eigenvalue weighted by molar-refractivity contribution is 7.89. The lowest BCUT2D eigenvalue weighted by atomic mass is 10.3. The number of hydrogen-bond acceptors (Lipinski definition) is 8. The van der Waals surface area contributed by atoms with E-state index in [-0.39, 0.29) is 5.69 Å². The predicted molar refractivity (Wildman–Crippen MR) is 73.6 cm³/mol. The summed E-state index contributed by atoms with van der Waals surface area (Å²) in [5.41, 5.74) is 1.45. The molecule has 1 aromatic rings. The molecule has 1 aliphatic rings. The third kappa shape index (κ3) is 3.46. The number of benzene rings is 1. The maximum absolute atomic E-state index is 12.3. The number of anilines is 1. The molecule has 0 radical (unpaired) electrons. The van der Waals surface area contributed by atoms with E-state index in [2.05, 4.69) is 10.3 Å². The van der Waals surface area contributed by atoms with E-state index in [9.17, 15) is 18.5 Å². The zero-order valence-electron chi connectivity index (χ0n) is 11.0. The van der Waals surface area contributed by atoms with Gasteiger partial charge in [0.25, 0.3) is 10.0 Å². The van der Waals surface area contributed by atoms with Gasteiger partial charge in [0.1, 0.15) is 5.69 Å². The summed E-state index contributed by atoms with van der Waals surface area (Å²) in [5, 5.41) is 12.6. The first-order valence-corrected chi connectivity index (χ1v) is 7.53. The quantitative estimate of drug-likeness (QED) is 0.372. The van der Waals surface area contributed by atoms with E-state index in [1.165, 1.54) is 17.1 Å². The van der Waals surface area contributed by atoms with Crippen LogP contribution in [0.3, 0.4) is 0 Å². The summed E-state index contributed by atoms with van der Waals surface area (Å²) < 4.78 is 29.8. The van der Waals surface area contributed by atoms with Gasteiger partial charge in [-0.1, -0.05) is 6.07 Å². The molecule has 1 heterocycles. The Bertz CT molecular complexity index is 629. The Labute approximate surface area is 121 Å². The molecule has 1 aliphatic heterocycles. The number of hydrogen-bond donors (Lipinski definition) is 3. The number of nitrogens with zero attached hydrogens (tertiary/aromatic N) is 2. The van der Waals surface area contributed by atoms with Crippen molar-refractivity contribution in [2.24, 2.45) is 5.84 Å². The number of para-hydroxylation sites is 1. The Hall–Kier alpha value is -1.79. The van der Waals surface area contributed by atoms with Crippen molar-refractivity contribution in [3.05, 3.63) is 28.3 Å². The third-order valence-electron chi connectivity index (χ3n) is 2.89. The van der Waals surface area contributed by atoms with E-state index >= 15 is 0 Å². The molecule has 10 nitrogen and oxygen atoms in total. The van der Waals surface area contributed by atoms with Crippen LogP contribution >= 0.6 is 0 Å². The molecule has 21 heavy (non-hydrogen) atoms. The molecular weight excluding hydrogens is 302 g/mol. The van der Waals surface area contributed by atoms with Crippen molar-refractivity contribution in [1.82, 2.24) is 9.84 Å². The van der Waals surface area contributed by atoms with E-state index in [4.69, 9.17) is 10.6 Å². The number of sulfonamides is 1. The van der Waals surface area contributed by atoms with Gasteiger partial charge < -0.3 is 10.2 Å². The van der Waals surface area contributed by atoms with Crippen molar-refractivity contribution in [2.45, 2.75) is 4.90 Å². The van der Waals surface area contributed by atoms with Crippen LogP contribution in [0.5, 0.6) is 0 Å². The van der Waals surface area contributed by atoms with Crippen LogP contribution in [0.25, 0.3) is 0 Å². The summed E-state index contributed by atoms with van der Waals surface area (Å²) in [6.07, 6.45) is 0. The molecule has 11 heteroatoms. The number of rotatable bonds is 5. The van der Waals surface area contributed by atoms with Gasteiger partial charge in [-0.15, -0.1) is 4.83 Å². The number of nitro groups is 1. The maximum Gasteiger partial charge on any atom is 0.313 e. The minimum absolute atomic E-state index is 0.0788. The summed E-state index contributed by atoms with van der Waals surface area (Å²) in [6, 6.07) is 3.85. The van der Waals surface area contributed by atoms with Crippen molar-refractivity contribution in [2.75, 3.05) is 31.7 Å². The summed E-state index contributed by atoms with van der Waals surface area (Å²) in [4.78, 5) is 12.2. The molecule has 1 fully saturated rings. The fourth-order valence-corrected chi connectivity index (χ4v) is 3.24. The second-order valence-corrected chi connectivity index (χ2v) is 5.88. The minimum atomic E-state index is -4.09. The van der Waals surface area contributed by atoms with Crippen molar-refractivity contribution in [3.8, 4) is 0 Å². The zero-order chi connectivity index (χ0) is 15.5. The van der Waals surface area contributed by atoms with Gasteiger partial charge in [-0.3, -0.25) is 16.0 Å². The average molecular weight is 317 g/mol. The highest BCUT2D eigenvalue weighted by Crippen LogP contribution is 2.31. The molecule has 0 atom stereocenters. The summed E-state index contributed by atoms with van der Waals surface area (Å²) in [5.74, 6) is 5.19. The van der Waals surface area contributed by atoms with Crippen LogP contribution in [0.1, 0.15) is 0 Å². The normalized spacial score (nSPS) is 16.6. The molecule has 0 bridgehead atoms. The van der Waals surface area contributed by atoms with Gasteiger partial charge in [0, 0.05) is 13.1 Å². The number of nitro benzene ring substituents is 1. The SMILES string of the molecule is NNc1cccc(S(=O)(=O)NN2CCOCC2)c1[N+](=O)[O-]. The van der Waals surface area contributed by atoms with Gasteiger partial charge in [-0.05, 0) is 12.1 Å². The van der Waals surface area contributed by atoms with Crippen LogP contribution in [0.2, 0.25) is 0 Å². The molecule has 4 N–H and O–H groups in total. The van der Waals surface area contributed by atoms with E-state index in [0.29, 0.717) is 26.3 Å². The summed E-state index contributed by atoms with van der Waals surface area (Å²) in [7, 11) is -4.09. The molecule has 0 amide bonds. The second-order valence-electron chi connectivity index (χ2n) is 4.25. The molecule has 0 saturated carbocycles. The lowest BCUT2D eigenvalue weighted by molar-refractivity contribution is -0.386. The first-order chi connectivity index (χ1) is 9.95. The fraction of sp³-hybridized carbons (Fsp3) is 0.400. The smallest absolute Gasteiger partial charge is 0.313 e. The van der Waals surface area contributed by atoms with Crippen molar-refractivity contribution in [1.29, 1.82) is 0 Å². The highest BCUT2D eigenvalue weighted by Gasteiger charge is 2.30. The molecule has 0 aliphatic carbocycles. The Morgan fingerprint density at radius 3 is 2.57 bits per heavy atom. The molecule has 2 rings (SSSR count). The topological polar surface area (TPSA) is 140 Å². The second kappa shape index (κ2) is 6.32. The van der Waals surface area contributed by atoms with E-state index < -0.39 is 25.5 Å². The first kappa shape index (κ1) is 15.6. The van der Waals surface area contributed by atoms with Crippen molar-refractivity contribution in [3.63, 3.8) is 0 Å². The van der Waals surface area contributed by atoms with Gasteiger partial charge in [0.15, 0.2) is 4.90 Å². The monoisotopic (exact) mass is 317 g/mol. The van der Waals surface area contributed by atoms with Gasteiger partial charge in [-0.2, -0.15) is 0 Å². The largest absolute Gasteiger partial charge is 0.379 e. The van der Waals surface area contributed by atoms with E-state index in [0.717, 1.165) is 6.07 Å². The van der Waals surface area contributed by atoms with Gasteiger partial charge in [-0.25, -0.2) is 13.4 Å².